The van der Waals surface area contributed by atoms with E-state index in [1.165, 1.54) is 98.8 Å². The number of hydrogen-bond acceptors (Lipinski definition) is 0. The van der Waals surface area contributed by atoms with Crippen LogP contribution in [0.1, 0.15) is 54.2 Å². The van der Waals surface area contributed by atoms with Crippen molar-refractivity contribution in [1.29, 1.82) is 0 Å². The molecule has 10 aromatic rings. The Balaban J connectivity index is 1.00. The largest absolute Gasteiger partial charge is 0.341 e. The summed E-state index contributed by atoms with van der Waals surface area (Å²) in [7, 11) is 0. The highest BCUT2D eigenvalue weighted by atomic mass is 15.0. The number of benzene rings is 7. The van der Waals surface area contributed by atoms with Gasteiger partial charge in [0.1, 0.15) is 0 Å². The normalized spacial score (nSPS) is 12.3. The van der Waals surface area contributed by atoms with E-state index in [0.717, 1.165) is 32.5 Å². The molecule has 278 valence electrons. The van der Waals surface area contributed by atoms with Crippen molar-refractivity contribution in [3.8, 4) is 0 Å². The second kappa shape index (κ2) is 14.5. The minimum atomic E-state index is 0.953. The molecular formula is C54H47N3. The molecule has 0 saturated carbocycles. The standard InChI is InChI=1S/C54H47N3/c1-4-55-49-16-10-7-13-43(49)46-34-37(25-28-52(46)55)19-22-40-31-41(23-20-38-26-29-53-47(35-38)44-14-8-11-17-50(44)56(53)5-2)33-42(32-40)24-21-39-27-30-54-48(36-39)45-15-9-12-18-51(45)57(54)6-3/h7-20,22-23,25-36H,4-6,21,24H2,1-3H3/b22-19+,23-20+. The Morgan fingerprint density at radius 3 is 1.14 bits per heavy atom. The van der Waals surface area contributed by atoms with Crippen molar-refractivity contribution < 1.29 is 0 Å². The molecule has 0 bridgehead atoms. The second-order valence-electron chi connectivity index (χ2n) is 15.4. The summed E-state index contributed by atoms with van der Waals surface area (Å²) in [6.07, 6.45) is 11.1. The van der Waals surface area contributed by atoms with Crippen molar-refractivity contribution in [3.05, 3.63) is 179 Å². The maximum absolute atomic E-state index is 2.43. The van der Waals surface area contributed by atoms with Crippen molar-refractivity contribution >= 4 is 89.7 Å². The van der Waals surface area contributed by atoms with Gasteiger partial charge in [0.15, 0.2) is 0 Å². The van der Waals surface area contributed by atoms with Gasteiger partial charge in [-0.05, 0) is 128 Å². The monoisotopic (exact) mass is 737 g/mol. The molecule has 0 fully saturated rings. The molecule has 0 spiro atoms. The molecule has 0 radical (unpaired) electrons. The molecule has 0 aliphatic heterocycles. The Labute approximate surface area is 334 Å². The highest BCUT2D eigenvalue weighted by Crippen LogP contribution is 2.33. The Hall–Kier alpha value is -6.58. The summed E-state index contributed by atoms with van der Waals surface area (Å²) >= 11 is 0. The van der Waals surface area contributed by atoms with Crippen LogP contribution in [0, 0.1) is 0 Å². The smallest absolute Gasteiger partial charge is 0.0491 e. The van der Waals surface area contributed by atoms with Crippen molar-refractivity contribution in [2.45, 2.75) is 53.2 Å². The first-order valence-electron chi connectivity index (χ1n) is 20.6. The minimum Gasteiger partial charge on any atom is -0.341 e. The Morgan fingerprint density at radius 2 is 0.684 bits per heavy atom. The Bertz CT molecular complexity index is 3050. The third kappa shape index (κ3) is 6.15. The van der Waals surface area contributed by atoms with Crippen LogP contribution < -0.4 is 0 Å². The van der Waals surface area contributed by atoms with Gasteiger partial charge >= 0.3 is 0 Å². The van der Waals surface area contributed by atoms with Gasteiger partial charge in [0.2, 0.25) is 0 Å². The maximum Gasteiger partial charge on any atom is 0.0491 e. The van der Waals surface area contributed by atoms with Gasteiger partial charge in [0.05, 0.1) is 0 Å². The molecule has 0 aliphatic carbocycles. The summed E-state index contributed by atoms with van der Waals surface area (Å²) < 4.78 is 7.26. The van der Waals surface area contributed by atoms with Crippen LogP contribution in [0.5, 0.6) is 0 Å². The molecule has 0 unspecified atom stereocenters. The number of aromatic nitrogens is 3. The number of rotatable bonds is 10. The highest BCUT2D eigenvalue weighted by Gasteiger charge is 2.12. The molecule has 7 aromatic carbocycles. The van der Waals surface area contributed by atoms with E-state index < -0.39 is 0 Å². The molecule has 0 amide bonds. The van der Waals surface area contributed by atoms with Gasteiger partial charge < -0.3 is 13.7 Å². The third-order valence-corrected chi connectivity index (χ3v) is 12.1. The highest BCUT2D eigenvalue weighted by molar-refractivity contribution is 6.10. The fraction of sp³-hybridized carbons (Fsp3) is 0.148. The van der Waals surface area contributed by atoms with Gasteiger partial charge in [-0.2, -0.15) is 0 Å². The number of hydrogen-bond donors (Lipinski definition) is 0. The summed E-state index contributed by atoms with van der Waals surface area (Å²) in [5.41, 5.74) is 15.4. The van der Waals surface area contributed by atoms with Crippen LogP contribution >= 0.6 is 0 Å². The lowest BCUT2D eigenvalue weighted by molar-refractivity contribution is 0.827. The number of para-hydroxylation sites is 3. The SMILES string of the molecule is CCn1c2ccccc2c2cc(/C=C/c3cc(/C=C/c4ccc5c(c4)c4ccccc4n5CC)cc(CCc4ccc5c(c4)c4ccccc4n5CC)c3)ccc21. The van der Waals surface area contributed by atoms with E-state index >= 15 is 0 Å². The van der Waals surface area contributed by atoms with Gasteiger partial charge in [-0.15, -0.1) is 0 Å². The quantitative estimate of drug-likeness (QED) is 0.124. The van der Waals surface area contributed by atoms with Gasteiger partial charge in [-0.3, -0.25) is 0 Å². The predicted molar refractivity (Wildman–Crippen MR) is 247 cm³/mol. The fourth-order valence-electron chi connectivity index (χ4n) is 9.38. The van der Waals surface area contributed by atoms with Gasteiger partial charge in [0, 0.05) is 85.1 Å². The molecule has 3 aromatic heterocycles. The average molecular weight is 738 g/mol. The summed E-state index contributed by atoms with van der Waals surface area (Å²) in [5, 5.41) is 7.94. The average Bonchev–Trinajstić information content (AvgIpc) is 3.88. The molecule has 0 N–H and O–H groups in total. The maximum atomic E-state index is 2.43. The third-order valence-electron chi connectivity index (χ3n) is 12.1. The molecule has 10 rings (SSSR count). The van der Waals surface area contributed by atoms with Crippen LogP contribution in [0.4, 0.5) is 0 Å². The van der Waals surface area contributed by atoms with E-state index in [9.17, 15) is 0 Å². The van der Waals surface area contributed by atoms with Crippen LogP contribution in [0.25, 0.3) is 89.7 Å². The molecule has 0 aliphatic rings. The van der Waals surface area contributed by atoms with Crippen LogP contribution in [0.2, 0.25) is 0 Å². The molecule has 0 atom stereocenters. The molecule has 57 heavy (non-hydrogen) atoms. The molecular weight excluding hydrogens is 691 g/mol. The minimum absolute atomic E-state index is 0.953. The first-order chi connectivity index (χ1) is 28.1. The lowest BCUT2D eigenvalue weighted by atomic mass is 9.97. The molecule has 3 nitrogen and oxygen atoms in total. The zero-order valence-corrected chi connectivity index (χ0v) is 33.0. The number of nitrogens with zero attached hydrogens (tertiary/aromatic N) is 3. The number of fused-ring (bicyclic) bond motifs is 9. The topological polar surface area (TPSA) is 14.8 Å². The van der Waals surface area contributed by atoms with Gasteiger partial charge in [-0.25, -0.2) is 0 Å². The van der Waals surface area contributed by atoms with Crippen molar-refractivity contribution in [3.63, 3.8) is 0 Å². The van der Waals surface area contributed by atoms with Crippen molar-refractivity contribution in [2.75, 3.05) is 0 Å². The van der Waals surface area contributed by atoms with Crippen LogP contribution in [0.15, 0.2) is 146 Å². The van der Waals surface area contributed by atoms with E-state index in [2.05, 4.69) is 204 Å². The zero-order chi connectivity index (χ0) is 38.5. The Morgan fingerprint density at radius 1 is 0.316 bits per heavy atom. The molecule has 3 heteroatoms. The first kappa shape index (κ1) is 34.9. The van der Waals surface area contributed by atoms with Gasteiger partial charge in [-0.1, -0.05) is 109 Å². The predicted octanol–water partition coefficient (Wildman–Crippen LogP) is 14.2. The summed E-state index contributed by atoms with van der Waals surface area (Å²) in [6.45, 7) is 9.56. The summed E-state index contributed by atoms with van der Waals surface area (Å²) in [5.74, 6) is 0. The van der Waals surface area contributed by atoms with Crippen LogP contribution in [0.3, 0.4) is 0 Å². The lowest BCUT2D eigenvalue weighted by Crippen LogP contribution is -1.95. The van der Waals surface area contributed by atoms with E-state index in [4.69, 9.17) is 0 Å². The van der Waals surface area contributed by atoms with E-state index in [1.807, 2.05) is 0 Å². The van der Waals surface area contributed by atoms with Crippen molar-refractivity contribution in [2.24, 2.45) is 0 Å². The first-order valence-corrected chi connectivity index (χ1v) is 20.6. The van der Waals surface area contributed by atoms with E-state index in [1.54, 1.807) is 0 Å². The lowest BCUT2D eigenvalue weighted by Gasteiger charge is -2.08. The van der Waals surface area contributed by atoms with Gasteiger partial charge in [0.25, 0.3) is 0 Å². The van der Waals surface area contributed by atoms with E-state index in [-0.39, 0.29) is 0 Å². The van der Waals surface area contributed by atoms with Crippen molar-refractivity contribution in [1.82, 2.24) is 13.7 Å². The second-order valence-corrected chi connectivity index (χ2v) is 15.4. The molecule has 0 saturated heterocycles. The Kier molecular flexibility index (Phi) is 8.87. The summed E-state index contributed by atoms with van der Waals surface area (Å²) in [4.78, 5) is 0. The summed E-state index contributed by atoms with van der Waals surface area (Å²) in [6, 6.07) is 54.3. The van der Waals surface area contributed by atoms with Crippen LogP contribution in [-0.2, 0) is 32.5 Å². The molecule has 3 heterocycles. The number of aryl methyl sites for hydroxylation is 5. The van der Waals surface area contributed by atoms with E-state index in [0.29, 0.717) is 0 Å². The zero-order valence-electron chi connectivity index (χ0n) is 33.0. The van der Waals surface area contributed by atoms with Crippen LogP contribution in [-0.4, -0.2) is 13.7 Å². The fourth-order valence-corrected chi connectivity index (χ4v) is 9.38.